The van der Waals surface area contributed by atoms with E-state index in [1.807, 2.05) is 0 Å². The van der Waals surface area contributed by atoms with Crippen LogP contribution in [0.2, 0.25) is 0 Å². The molecular weight excluding hydrogens is 376 g/mol. The summed E-state index contributed by atoms with van der Waals surface area (Å²) in [5.41, 5.74) is 4.97. The number of rotatable bonds is 4. The molecule has 0 amide bonds. The Labute approximate surface area is 136 Å². The van der Waals surface area contributed by atoms with Crippen molar-refractivity contribution in [3.63, 3.8) is 0 Å². The standard InChI is InChI=1S/C6H5NO2.C3H7NO2.H2O7S2/c8-7(9)6-4-2-1-3-5-6;1-2(4)3(5)6;1-8(2,3)7-9(4,5)6/h1-5H;2H,4H2,1H3,(H,5,6);(H,1,2,3)(H,4,5,6). The summed E-state index contributed by atoms with van der Waals surface area (Å²) in [6.07, 6.45) is 0. The first kappa shape index (κ1) is 24.1. The minimum absolute atomic E-state index is 0.137. The van der Waals surface area contributed by atoms with Crippen molar-refractivity contribution < 1.29 is 44.4 Å². The smallest absolute Gasteiger partial charge is 0.413 e. The van der Waals surface area contributed by atoms with E-state index in [2.05, 4.69) is 3.63 Å². The predicted molar refractivity (Wildman–Crippen MR) is 78.6 cm³/mol. The van der Waals surface area contributed by atoms with Gasteiger partial charge in [0.2, 0.25) is 0 Å². The second kappa shape index (κ2) is 10.6. The number of nitrogens with two attached hydrogens (primary N) is 1. The van der Waals surface area contributed by atoms with Gasteiger partial charge in [0.05, 0.1) is 4.92 Å². The highest BCUT2D eigenvalue weighted by molar-refractivity contribution is 7.94. The van der Waals surface area contributed by atoms with Crippen molar-refractivity contribution in [1.82, 2.24) is 0 Å². The highest BCUT2D eigenvalue weighted by Gasteiger charge is 2.15. The molecule has 1 aromatic carbocycles. The SMILES string of the molecule is CC(N)C(=O)O.O=S(=O)(O)OS(=O)(=O)O.O=[N+]([O-])c1ccccc1. The quantitative estimate of drug-likeness (QED) is 0.293. The van der Waals surface area contributed by atoms with Gasteiger partial charge >= 0.3 is 26.8 Å². The van der Waals surface area contributed by atoms with Crippen molar-refractivity contribution in [2.75, 3.05) is 0 Å². The number of nitro benzene ring substituents is 1. The molecule has 24 heavy (non-hydrogen) atoms. The number of non-ortho nitro benzene ring substituents is 1. The topological polar surface area (TPSA) is 224 Å². The second-order valence-corrected chi connectivity index (χ2v) is 5.90. The van der Waals surface area contributed by atoms with Crippen molar-refractivity contribution in [3.8, 4) is 0 Å². The van der Waals surface area contributed by atoms with Crippen LogP contribution >= 0.6 is 0 Å². The Morgan fingerprint density at radius 2 is 1.50 bits per heavy atom. The molecule has 15 heteroatoms. The van der Waals surface area contributed by atoms with Gasteiger partial charge in [0, 0.05) is 12.1 Å². The van der Waals surface area contributed by atoms with Crippen LogP contribution in [0.3, 0.4) is 0 Å². The second-order valence-electron chi connectivity index (χ2n) is 3.64. The minimum atomic E-state index is -5.12. The predicted octanol–water partition coefficient (Wildman–Crippen LogP) is -0.378. The van der Waals surface area contributed by atoms with Crippen LogP contribution < -0.4 is 5.73 Å². The Balaban J connectivity index is 0. The number of hydrogen-bond acceptors (Lipinski definition) is 9. The number of nitro groups is 1. The summed E-state index contributed by atoms with van der Waals surface area (Å²) in [5, 5.41) is 17.9. The average Bonchev–Trinajstić information content (AvgIpc) is 2.36. The molecule has 0 aliphatic heterocycles. The fraction of sp³-hybridized carbons (Fsp3) is 0.222. The zero-order chi connectivity index (χ0) is 19.6. The zero-order valence-electron chi connectivity index (χ0n) is 11.9. The van der Waals surface area contributed by atoms with E-state index >= 15 is 0 Å². The summed E-state index contributed by atoms with van der Waals surface area (Å²) < 4.78 is 55.6. The third-order valence-corrected chi connectivity index (χ3v) is 2.90. The van der Waals surface area contributed by atoms with Gasteiger partial charge in [0.25, 0.3) is 5.69 Å². The molecule has 0 heterocycles. The molecule has 0 spiro atoms. The van der Waals surface area contributed by atoms with Crippen LogP contribution in [-0.4, -0.2) is 48.0 Å². The summed E-state index contributed by atoms with van der Waals surface area (Å²) in [6, 6.07) is 7.20. The zero-order valence-corrected chi connectivity index (χ0v) is 13.5. The molecule has 1 aromatic rings. The first-order chi connectivity index (χ1) is 10.7. The number of nitrogens with zero attached hydrogens (tertiary/aromatic N) is 1. The lowest BCUT2D eigenvalue weighted by Gasteiger charge is -1.90. The molecule has 0 aliphatic carbocycles. The van der Waals surface area contributed by atoms with E-state index in [4.69, 9.17) is 19.9 Å². The maximum atomic E-state index is 10.0. The molecule has 0 fully saturated rings. The molecule has 0 aromatic heterocycles. The van der Waals surface area contributed by atoms with Gasteiger partial charge in [0.15, 0.2) is 0 Å². The van der Waals surface area contributed by atoms with Crippen LogP contribution in [0.1, 0.15) is 6.92 Å². The van der Waals surface area contributed by atoms with Crippen molar-refractivity contribution in [1.29, 1.82) is 0 Å². The average molecular weight is 390 g/mol. The van der Waals surface area contributed by atoms with Gasteiger partial charge in [-0.1, -0.05) is 18.2 Å². The molecule has 138 valence electrons. The van der Waals surface area contributed by atoms with E-state index in [0.29, 0.717) is 0 Å². The maximum absolute atomic E-state index is 10.0. The summed E-state index contributed by atoms with van der Waals surface area (Å²) in [7, 11) is -10.2. The van der Waals surface area contributed by atoms with Gasteiger partial charge in [-0.2, -0.15) is 16.8 Å². The first-order valence-electron chi connectivity index (χ1n) is 5.49. The van der Waals surface area contributed by atoms with E-state index in [1.165, 1.54) is 19.1 Å². The van der Waals surface area contributed by atoms with Crippen LogP contribution in [0.15, 0.2) is 30.3 Å². The lowest BCUT2D eigenvalue weighted by Crippen LogP contribution is -2.25. The molecule has 0 saturated carbocycles. The molecular formula is C9H14N2O11S2. The van der Waals surface area contributed by atoms with Crippen molar-refractivity contribution in [2.24, 2.45) is 5.73 Å². The molecule has 0 radical (unpaired) electrons. The summed E-state index contributed by atoms with van der Waals surface area (Å²) in [4.78, 5) is 19.2. The number of benzene rings is 1. The molecule has 1 unspecified atom stereocenters. The van der Waals surface area contributed by atoms with Gasteiger partial charge < -0.3 is 10.8 Å². The van der Waals surface area contributed by atoms with E-state index in [9.17, 15) is 31.7 Å². The van der Waals surface area contributed by atoms with Crippen molar-refractivity contribution in [2.45, 2.75) is 13.0 Å². The monoisotopic (exact) mass is 390 g/mol. The molecule has 0 saturated heterocycles. The number of para-hydroxylation sites is 1. The number of carboxylic acids is 1. The number of carboxylic acid groups (broad SMARTS) is 1. The molecule has 0 aliphatic rings. The van der Waals surface area contributed by atoms with Gasteiger partial charge in [-0.15, -0.1) is 3.63 Å². The van der Waals surface area contributed by atoms with Crippen molar-refractivity contribution >= 4 is 32.5 Å². The fourth-order valence-electron chi connectivity index (χ4n) is 0.658. The van der Waals surface area contributed by atoms with E-state index in [-0.39, 0.29) is 5.69 Å². The Morgan fingerprint density at radius 3 is 1.62 bits per heavy atom. The van der Waals surface area contributed by atoms with Gasteiger partial charge in [0.1, 0.15) is 6.04 Å². The van der Waals surface area contributed by atoms with Gasteiger partial charge in [-0.3, -0.25) is 24.0 Å². The van der Waals surface area contributed by atoms with Crippen LogP contribution in [0.5, 0.6) is 0 Å². The lowest BCUT2D eigenvalue weighted by molar-refractivity contribution is -0.384. The summed E-state index contributed by atoms with van der Waals surface area (Å²) >= 11 is 0. The Bertz CT molecular complexity index is 698. The Kier molecular flexibility index (Phi) is 10.6. The number of aliphatic carboxylic acids is 1. The molecule has 5 N–H and O–H groups in total. The third kappa shape index (κ3) is 17.9. The van der Waals surface area contributed by atoms with Gasteiger partial charge in [-0.05, 0) is 6.92 Å². The van der Waals surface area contributed by atoms with Crippen molar-refractivity contribution in [3.05, 3.63) is 40.4 Å². The number of hydrogen-bond donors (Lipinski definition) is 4. The van der Waals surface area contributed by atoms with Crippen LogP contribution in [0, 0.1) is 10.1 Å². The van der Waals surface area contributed by atoms with Gasteiger partial charge in [-0.25, -0.2) is 0 Å². The van der Waals surface area contributed by atoms with E-state index in [1.54, 1.807) is 18.2 Å². The lowest BCUT2D eigenvalue weighted by atomic mass is 10.3. The molecule has 1 rings (SSSR count). The maximum Gasteiger partial charge on any atom is 0.413 e. The first-order valence-corrected chi connectivity index (χ1v) is 8.22. The Hall–Kier alpha value is -2.17. The number of carbonyl (C=O) groups is 1. The van der Waals surface area contributed by atoms with Crippen LogP contribution in [0.25, 0.3) is 0 Å². The molecule has 0 bridgehead atoms. The molecule has 13 nitrogen and oxygen atoms in total. The van der Waals surface area contributed by atoms with E-state index < -0.39 is 37.7 Å². The van der Waals surface area contributed by atoms with Crippen LogP contribution in [-0.2, 0) is 29.2 Å². The Morgan fingerprint density at radius 1 is 1.17 bits per heavy atom. The highest BCUT2D eigenvalue weighted by Crippen LogP contribution is 2.06. The summed E-state index contributed by atoms with van der Waals surface area (Å²) in [5.74, 6) is -0.963. The normalized spacial score (nSPS) is 11.8. The van der Waals surface area contributed by atoms with Crippen LogP contribution in [0.4, 0.5) is 5.69 Å². The van der Waals surface area contributed by atoms with E-state index in [0.717, 1.165) is 0 Å². The largest absolute Gasteiger partial charge is 0.480 e. The highest BCUT2D eigenvalue weighted by atomic mass is 32.3. The third-order valence-electron chi connectivity index (χ3n) is 1.53. The minimum Gasteiger partial charge on any atom is -0.480 e. The molecule has 1 atom stereocenters. The summed E-state index contributed by atoms with van der Waals surface area (Å²) in [6.45, 7) is 1.42. The fourth-order valence-corrected chi connectivity index (χ4v) is 1.53.